The molecule has 1 N–H and O–H groups in total. The molecule has 0 radical (unpaired) electrons. The molecule has 0 saturated heterocycles. The number of aromatic nitrogens is 5. The molecule has 0 bridgehead atoms. The summed E-state index contributed by atoms with van der Waals surface area (Å²) in [5, 5.41) is 17.7. The third-order valence-corrected chi connectivity index (χ3v) is 2.28. The SMILES string of the molecule is Cc1nnc(Nc2nnc(C(C)Cl)o2)nc1C. The van der Waals surface area contributed by atoms with E-state index < -0.39 is 0 Å². The molecule has 90 valence electrons. The van der Waals surface area contributed by atoms with E-state index in [0.29, 0.717) is 11.8 Å². The highest BCUT2D eigenvalue weighted by Gasteiger charge is 2.12. The molecule has 0 saturated carbocycles. The maximum atomic E-state index is 5.80. The molecule has 0 aliphatic carbocycles. The number of alkyl halides is 1. The molecule has 0 aromatic carbocycles. The van der Waals surface area contributed by atoms with Crippen LogP contribution in [0, 0.1) is 13.8 Å². The predicted molar refractivity (Wildman–Crippen MR) is 61.1 cm³/mol. The van der Waals surface area contributed by atoms with Crippen molar-refractivity contribution in [3.63, 3.8) is 0 Å². The van der Waals surface area contributed by atoms with Gasteiger partial charge in [-0.15, -0.1) is 21.8 Å². The van der Waals surface area contributed by atoms with Gasteiger partial charge >= 0.3 is 6.01 Å². The van der Waals surface area contributed by atoms with Crippen LogP contribution in [0.2, 0.25) is 0 Å². The first-order valence-corrected chi connectivity index (χ1v) is 5.42. The summed E-state index contributed by atoms with van der Waals surface area (Å²) in [5.41, 5.74) is 1.56. The minimum Gasteiger partial charge on any atom is -0.406 e. The minimum atomic E-state index is -0.336. The second-order valence-electron chi connectivity index (χ2n) is 3.49. The highest BCUT2D eigenvalue weighted by atomic mass is 35.5. The van der Waals surface area contributed by atoms with Crippen LogP contribution in [0.1, 0.15) is 29.6 Å². The Morgan fingerprint density at radius 3 is 2.47 bits per heavy atom. The Bertz CT molecular complexity index is 526. The molecule has 2 aromatic rings. The molecule has 0 aliphatic rings. The normalized spacial score (nSPS) is 12.5. The van der Waals surface area contributed by atoms with Crippen LogP contribution >= 0.6 is 11.6 Å². The number of nitrogens with zero attached hydrogens (tertiary/aromatic N) is 5. The first-order valence-electron chi connectivity index (χ1n) is 4.98. The van der Waals surface area contributed by atoms with Crippen molar-refractivity contribution in [3.8, 4) is 0 Å². The van der Waals surface area contributed by atoms with Crippen molar-refractivity contribution in [3.05, 3.63) is 17.3 Å². The molecule has 8 heteroatoms. The van der Waals surface area contributed by atoms with Crippen LogP contribution in [0.15, 0.2) is 4.42 Å². The first kappa shape index (κ1) is 11.7. The van der Waals surface area contributed by atoms with E-state index in [2.05, 4.69) is 30.7 Å². The summed E-state index contributed by atoms with van der Waals surface area (Å²) in [6.07, 6.45) is 0. The zero-order chi connectivity index (χ0) is 12.4. The molecule has 1 atom stereocenters. The van der Waals surface area contributed by atoms with Gasteiger partial charge in [0.25, 0.3) is 5.95 Å². The van der Waals surface area contributed by atoms with E-state index in [1.54, 1.807) is 6.92 Å². The highest BCUT2D eigenvalue weighted by molar-refractivity contribution is 6.20. The topological polar surface area (TPSA) is 89.6 Å². The third kappa shape index (κ3) is 2.68. The first-order chi connectivity index (χ1) is 8.06. The summed E-state index contributed by atoms with van der Waals surface area (Å²) in [6.45, 7) is 5.42. The highest BCUT2D eigenvalue weighted by Crippen LogP contribution is 2.20. The fourth-order valence-electron chi connectivity index (χ4n) is 1.05. The Morgan fingerprint density at radius 2 is 1.88 bits per heavy atom. The number of rotatable bonds is 3. The Kier molecular flexibility index (Phi) is 3.19. The summed E-state index contributed by atoms with van der Waals surface area (Å²) >= 11 is 5.80. The third-order valence-electron chi connectivity index (χ3n) is 2.09. The number of nitrogens with one attached hydrogen (secondary N) is 1. The van der Waals surface area contributed by atoms with Crippen LogP contribution in [0.25, 0.3) is 0 Å². The Hall–Kier alpha value is -1.76. The zero-order valence-corrected chi connectivity index (χ0v) is 10.4. The summed E-state index contributed by atoms with van der Waals surface area (Å²) in [4.78, 5) is 4.18. The van der Waals surface area contributed by atoms with Crippen LogP contribution in [0.3, 0.4) is 0 Å². The van der Waals surface area contributed by atoms with E-state index in [4.69, 9.17) is 16.0 Å². The van der Waals surface area contributed by atoms with Crippen LogP contribution in [-0.4, -0.2) is 25.4 Å². The van der Waals surface area contributed by atoms with Gasteiger partial charge in [-0.05, 0) is 20.8 Å². The maximum Gasteiger partial charge on any atom is 0.322 e. The van der Waals surface area contributed by atoms with Gasteiger partial charge in [0.1, 0.15) is 5.38 Å². The van der Waals surface area contributed by atoms with Gasteiger partial charge in [-0.1, -0.05) is 5.10 Å². The number of halogens is 1. The standard InChI is InChI=1S/C9H11ClN6O/c1-4(10)7-14-16-9(17-7)12-8-11-5(2)6(3)13-15-8/h4H,1-3H3,(H,11,12,15,16). The molecule has 0 spiro atoms. The Labute approximate surface area is 103 Å². The lowest BCUT2D eigenvalue weighted by Crippen LogP contribution is -2.02. The van der Waals surface area contributed by atoms with Gasteiger partial charge in [0, 0.05) is 0 Å². The monoisotopic (exact) mass is 254 g/mol. The van der Waals surface area contributed by atoms with Crippen molar-refractivity contribution in [2.75, 3.05) is 5.32 Å². The molecule has 17 heavy (non-hydrogen) atoms. The molecule has 2 rings (SSSR count). The quantitative estimate of drug-likeness (QED) is 0.837. The number of hydrogen-bond acceptors (Lipinski definition) is 7. The summed E-state index contributed by atoms with van der Waals surface area (Å²) < 4.78 is 5.25. The second-order valence-corrected chi connectivity index (χ2v) is 4.15. The van der Waals surface area contributed by atoms with Crippen LogP contribution in [0.4, 0.5) is 12.0 Å². The fraction of sp³-hybridized carbons (Fsp3) is 0.444. The lowest BCUT2D eigenvalue weighted by molar-refractivity contribution is 0.509. The van der Waals surface area contributed by atoms with Crippen molar-refractivity contribution in [2.45, 2.75) is 26.1 Å². The van der Waals surface area contributed by atoms with Crippen LogP contribution in [-0.2, 0) is 0 Å². The van der Waals surface area contributed by atoms with Gasteiger partial charge in [0.2, 0.25) is 5.89 Å². The van der Waals surface area contributed by atoms with Crippen molar-refractivity contribution in [2.24, 2.45) is 0 Å². The summed E-state index contributed by atoms with van der Waals surface area (Å²) in [7, 11) is 0. The van der Waals surface area contributed by atoms with E-state index in [0.717, 1.165) is 11.4 Å². The Balaban J connectivity index is 2.16. The number of aryl methyl sites for hydroxylation is 2. The van der Waals surface area contributed by atoms with Crippen molar-refractivity contribution in [1.29, 1.82) is 0 Å². The largest absolute Gasteiger partial charge is 0.406 e. The molecule has 0 amide bonds. The van der Waals surface area contributed by atoms with E-state index in [1.807, 2.05) is 13.8 Å². The van der Waals surface area contributed by atoms with E-state index in [9.17, 15) is 0 Å². The molecule has 7 nitrogen and oxygen atoms in total. The van der Waals surface area contributed by atoms with Gasteiger partial charge in [0.05, 0.1) is 11.4 Å². The zero-order valence-electron chi connectivity index (χ0n) is 9.60. The average molecular weight is 255 g/mol. The van der Waals surface area contributed by atoms with Gasteiger partial charge in [-0.2, -0.15) is 5.10 Å². The molecular formula is C9H11ClN6O. The van der Waals surface area contributed by atoms with E-state index >= 15 is 0 Å². The van der Waals surface area contributed by atoms with Crippen molar-refractivity contribution >= 4 is 23.6 Å². The second kappa shape index (κ2) is 4.62. The summed E-state index contributed by atoms with van der Waals surface area (Å²) in [5.74, 6) is 0.650. The number of anilines is 2. The maximum absolute atomic E-state index is 5.80. The van der Waals surface area contributed by atoms with Gasteiger partial charge < -0.3 is 4.42 Å². The molecular weight excluding hydrogens is 244 g/mol. The van der Waals surface area contributed by atoms with E-state index in [1.165, 1.54) is 0 Å². The molecule has 1 unspecified atom stereocenters. The van der Waals surface area contributed by atoms with Crippen LogP contribution in [0.5, 0.6) is 0 Å². The molecule has 0 aliphatic heterocycles. The fourth-order valence-corrected chi connectivity index (χ4v) is 1.14. The lowest BCUT2D eigenvalue weighted by atomic mass is 10.4. The van der Waals surface area contributed by atoms with Crippen molar-refractivity contribution < 1.29 is 4.42 Å². The molecule has 2 aromatic heterocycles. The number of hydrogen-bond donors (Lipinski definition) is 1. The predicted octanol–water partition coefficient (Wildman–Crippen LogP) is 1.91. The lowest BCUT2D eigenvalue weighted by Gasteiger charge is -2.01. The van der Waals surface area contributed by atoms with Crippen molar-refractivity contribution in [1.82, 2.24) is 25.4 Å². The molecule has 0 fully saturated rings. The average Bonchev–Trinajstić information content (AvgIpc) is 2.72. The molecule has 2 heterocycles. The van der Waals surface area contributed by atoms with Gasteiger partial charge in [-0.3, -0.25) is 5.32 Å². The van der Waals surface area contributed by atoms with E-state index in [-0.39, 0.29) is 11.4 Å². The van der Waals surface area contributed by atoms with Crippen LogP contribution < -0.4 is 5.32 Å². The van der Waals surface area contributed by atoms with Gasteiger partial charge in [0.15, 0.2) is 0 Å². The summed E-state index contributed by atoms with van der Waals surface area (Å²) in [6, 6.07) is 0.192. The van der Waals surface area contributed by atoms with Gasteiger partial charge in [-0.25, -0.2) is 4.98 Å². The smallest absolute Gasteiger partial charge is 0.322 e. The Morgan fingerprint density at radius 1 is 1.12 bits per heavy atom. The minimum absolute atomic E-state index is 0.192.